The van der Waals surface area contributed by atoms with Crippen molar-refractivity contribution in [1.82, 2.24) is 0 Å². The Hall–Kier alpha value is -0.950. The fourth-order valence-electron chi connectivity index (χ4n) is 2.53. The Morgan fingerprint density at radius 2 is 1.67 bits per heavy atom. The number of nitrogens with zero attached hydrogens (tertiary/aromatic N) is 1. The quantitative estimate of drug-likeness (QED) is 0.663. The lowest BCUT2D eigenvalue weighted by Gasteiger charge is -2.33. The average Bonchev–Trinajstić information content (AvgIpc) is 2.75. The molecule has 0 heterocycles. The number of aliphatic hydroxyl groups excluding tert-OH is 1. The maximum atomic E-state index is 10.4. The van der Waals surface area contributed by atoms with Gasteiger partial charge in [-0.05, 0) is 31.9 Å². The first-order chi connectivity index (χ1) is 9.51. The molecule has 5 nitrogen and oxygen atoms in total. The summed E-state index contributed by atoms with van der Waals surface area (Å²) < 4.78 is 32.1. The zero-order valence-electron chi connectivity index (χ0n) is 13.1. The van der Waals surface area contributed by atoms with E-state index in [1.807, 2.05) is 6.92 Å². The number of hydrogen-bond donors (Lipinski definition) is 1. The molecule has 0 bridgehead atoms. The molecule has 0 amide bonds. The van der Waals surface area contributed by atoms with E-state index in [0.717, 1.165) is 16.5 Å². The van der Waals surface area contributed by atoms with Crippen LogP contribution < -0.4 is 0 Å². The van der Waals surface area contributed by atoms with Gasteiger partial charge in [-0.1, -0.05) is 17.7 Å². The van der Waals surface area contributed by atoms with E-state index in [9.17, 15) is 18.1 Å². The van der Waals surface area contributed by atoms with Gasteiger partial charge in [-0.2, -0.15) is 0 Å². The van der Waals surface area contributed by atoms with Crippen LogP contribution in [0.5, 0.6) is 0 Å². The molecule has 1 aliphatic rings. The molecule has 1 fully saturated rings. The normalized spacial score (nSPS) is 22.6. The summed E-state index contributed by atoms with van der Waals surface area (Å²) >= 11 is 0. The Labute approximate surface area is 127 Å². The molecule has 1 aliphatic carbocycles. The highest BCUT2D eigenvalue weighted by atomic mass is 32.2. The van der Waals surface area contributed by atoms with Gasteiger partial charge < -0.3 is 14.1 Å². The molecule has 1 N–H and O–H groups in total. The van der Waals surface area contributed by atoms with Gasteiger partial charge >= 0.3 is 0 Å². The number of likely N-dealkylation sites (N-methyl/N-ethyl adjacent to an activating group) is 1. The summed E-state index contributed by atoms with van der Waals surface area (Å²) in [5, 5.41) is 9.51. The van der Waals surface area contributed by atoms with Crippen LogP contribution in [-0.2, 0) is 10.1 Å². The van der Waals surface area contributed by atoms with E-state index in [1.165, 1.54) is 25.0 Å². The Morgan fingerprint density at radius 3 is 1.95 bits per heavy atom. The van der Waals surface area contributed by atoms with Crippen LogP contribution in [0, 0.1) is 6.92 Å². The maximum absolute atomic E-state index is 10.4. The second kappa shape index (κ2) is 6.87. The Balaban J connectivity index is 0.000000211. The molecule has 0 spiro atoms. The molecule has 1 aromatic carbocycles. The highest BCUT2D eigenvalue weighted by Crippen LogP contribution is 2.25. The molecule has 0 saturated heterocycles. The van der Waals surface area contributed by atoms with E-state index < -0.39 is 10.1 Å². The van der Waals surface area contributed by atoms with Gasteiger partial charge in [0.15, 0.2) is 0 Å². The predicted molar refractivity (Wildman–Crippen MR) is 80.8 cm³/mol. The molecule has 0 aliphatic heterocycles. The average molecular weight is 315 g/mol. The molecule has 0 radical (unpaired) electrons. The molecule has 2 atom stereocenters. The molecule has 1 saturated carbocycles. The Kier molecular flexibility index (Phi) is 5.92. The first kappa shape index (κ1) is 18.1. The summed E-state index contributed by atoms with van der Waals surface area (Å²) in [7, 11) is 2.19. The monoisotopic (exact) mass is 315 g/mol. The Bertz CT molecular complexity index is 546. The summed E-state index contributed by atoms with van der Waals surface area (Å²) in [6, 6.07) is 6.25. The minimum atomic E-state index is -4.27. The van der Waals surface area contributed by atoms with Crippen molar-refractivity contribution in [2.45, 2.75) is 43.2 Å². The van der Waals surface area contributed by atoms with Crippen molar-refractivity contribution in [3.05, 3.63) is 29.8 Å². The zero-order chi connectivity index (χ0) is 16.3. The molecular weight excluding hydrogens is 290 g/mol. The van der Waals surface area contributed by atoms with Crippen LogP contribution in [0.4, 0.5) is 0 Å². The van der Waals surface area contributed by atoms with E-state index in [4.69, 9.17) is 0 Å². The number of aliphatic hydroxyl groups is 1. The van der Waals surface area contributed by atoms with Crippen LogP contribution in [0.1, 0.15) is 24.8 Å². The summed E-state index contributed by atoms with van der Waals surface area (Å²) in [4.78, 5) is -0.178. The SMILES string of the molecule is C[N+](C)(C)[C@@H]1CCC[C@H]1O.Cc1ccc(S(=O)(=O)[O-])cc1. The molecule has 1 aromatic rings. The molecule has 6 heteroatoms. The zero-order valence-corrected chi connectivity index (χ0v) is 13.9. The van der Waals surface area contributed by atoms with Crippen molar-refractivity contribution in [3.63, 3.8) is 0 Å². The highest BCUT2D eigenvalue weighted by Gasteiger charge is 2.35. The third kappa shape index (κ3) is 5.74. The smallest absolute Gasteiger partial charge is 0.124 e. The largest absolute Gasteiger partial charge is 0.744 e. The van der Waals surface area contributed by atoms with E-state index >= 15 is 0 Å². The molecule has 120 valence electrons. The van der Waals surface area contributed by atoms with Gasteiger partial charge in [0, 0.05) is 6.42 Å². The summed E-state index contributed by atoms with van der Waals surface area (Å²) in [6.07, 6.45) is 3.33. The lowest BCUT2D eigenvalue weighted by atomic mass is 10.2. The van der Waals surface area contributed by atoms with Gasteiger partial charge in [0.1, 0.15) is 22.3 Å². The number of aryl methyl sites for hydroxylation is 1. The summed E-state index contributed by atoms with van der Waals surface area (Å²) in [6.45, 7) is 1.82. The minimum Gasteiger partial charge on any atom is -0.744 e. The van der Waals surface area contributed by atoms with Crippen molar-refractivity contribution in [2.24, 2.45) is 0 Å². The first-order valence-corrected chi connectivity index (χ1v) is 8.44. The van der Waals surface area contributed by atoms with Crippen LogP contribution in [0.25, 0.3) is 0 Å². The lowest BCUT2D eigenvalue weighted by molar-refractivity contribution is -0.898. The standard InChI is InChI=1S/C8H18NO.C7H8O3S/c1-9(2,3)7-5-4-6-8(7)10;1-6-2-4-7(5-3-6)11(8,9)10/h7-8,10H,4-6H2,1-3H3;2-5H,1H3,(H,8,9,10)/q+1;/p-1/t7-,8-;/m1./s1. The second-order valence-corrected chi connectivity index (χ2v) is 7.83. The predicted octanol–water partition coefficient (Wildman–Crippen LogP) is 1.51. The van der Waals surface area contributed by atoms with Gasteiger partial charge in [-0.3, -0.25) is 0 Å². The van der Waals surface area contributed by atoms with Gasteiger partial charge in [-0.15, -0.1) is 0 Å². The van der Waals surface area contributed by atoms with Crippen molar-refractivity contribution < 1.29 is 22.6 Å². The van der Waals surface area contributed by atoms with Crippen molar-refractivity contribution >= 4 is 10.1 Å². The van der Waals surface area contributed by atoms with Crippen LogP contribution >= 0.6 is 0 Å². The van der Waals surface area contributed by atoms with E-state index in [2.05, 4.69) is 21.1 Å². The van der Waals surface area contributed by atoms with Crippen molar-refractivity contribution in [1.29, 1.82) is 0 Å². The first-order valence-electron chi connectivity index (χ1n) is 7.03. The topological polar surface area (TPSA) is 77.4 Å². The molecule has 0 unspecified atom stereocenters. The third-order valence-corrected chi connectivity index (χ3v) is 4.60. The van der Waals surface area contributed by atoms with Crippen LogP contribution in [0.15, 0.2) is 29.2 Å². The van der Waals surface area contributed by atoms with Crippen molar-refractivity contribution in [2.75, 3.05) is 21.1 Å². The number of rotatable bonds is 2. The maximum Gasteiger partial charge on any atom is 0.124 e. The Morgan fingerprint density at radius 1 is 1.14 bits per heavy atom. The van der Waals surface area contributed by atoms with Crippen molar-refractivity contribution in [3.8, 4) is 0 Å². The third-order valence-electron chi connectivity index (χ3n) is 3.75. The van der Waals surface area contributed by atoms with Gasteiger partial charge in [0.2, 0.25) is 0 Å². The van der Waals surface area contributed by atoms with E-state index in [0.29, 0.717) is 6.04 Å². The lowest BCUT2D eigenvalue weighted by Crippen LogP contribution is -2.48. The number of benzene rings is 1. The van der Waals surface area contributed by atoms with Gasteiger partial charge in [0.25, 0.3) is 0 Å². The summed E-state index contributed by atoms with van der Waals surface area (Å²) in [5.41, 5.74) is 0.928. The number of quaternary nitrogens is 1. The fourth-order valence-corrected chi connectivity index (χ4v) is 3.00. The fraction of sp³-hybridized carbons (Fsp3) is 0.600. The molecule has 0 aromatic heterocycles. The molecule has 2 rings (SSSR count). The summed E-state index contributed by atoms with van der Waals surface area (Å²) in [5.74, 6) is 0. The minimum absolute atomic E-state index is 0.0556. The second-order valence-electron chi connectivity index (χ2n) is 6.45. The van der Waals surface area contributed by atoms with Gasteiger partial charge in [0.05, 0.1) is 26.0 Å². The highest BCUT2D eigenvalue weighted by molar-refractivity contribution is 7.85. The molecule has 21 heavy (non-hydrogen) atoms. The van der Waals surface area contributed by atoms with Crippen LogP contribution in [-0.4, -0.2) is 55.8 Å². The van der Waals surface area contributed by atoms with E-state index in [1.54, 1.807) is 12.1 Å². The molecular formula is C15H25NO4S. The van der Waals surface area contributed by atoms with Gasteiger partial charge in [-0.25, -0.2) is 8.42 Å². The van der Waals surface area contributed by atoms with Crippen LogP contribution in [0.3, 0.4) is 0 Å². The van der Waals surface area contributed by atoms with Crippen LogP contribution in [0.2, 0.25) is 0 Å². The van der Waals surface area contributed by atoms with E-state index in [-0.39, 0.29) is 11.0 Å². The number of hydrogen-bond acceptors (Lipinski definition) is 4.